The second-order valence-electron chi connectivity index (χ2n) is 11.7. The fourth-order valence-corrected chi connectivity index (χ4v) is 6.49. The first kappa shape index (κ1) is 38.5. The molecule has 0 saturated heterocycles. The van der Waals surface area contributed by atoms with Crippen molar-refractivity contribution >= 4 is 43.0 Å². The van der Waals surface area contributed by atoms with Gasteiger partial charge in [-0.15, -0.1) is 4.52 Å². The van der Waals surface area contributed by atoms with Crippen molar-refractivity contribution in [3.05, 3.63) is 70.4 Å². The van der Waals surface area contributed by atoms with Crippen molar-refractivity contribution < 1.29 is 55.2 Å². The van der Waals surface area contributed by atoms with Crippen LogP contribution in [0.2, 0.25) is 0 Å². The highest BCUT2D eigenvalue weighted by molar-refractivity contribution is 7.39. The number of carbonyl (C=O) groups is 2. The van der Waals surface area contributed by atoms with Gasteiger partial charge >= 0.3 is 26.3 Å². The quantitative estimate of drug-likeness (QED) is 0.122. The Balaban J connectivity index is 0.000000727. The van der Waals surface area contributed by atoms with E-state index in [-0.39, 0.29) is 29.6 Å². The summed E-state index contributed by atoms with van der Waals surface area (Å²) in [6, 6.07) is 10.6. The Bertz CT molecular complexity index is 1700. The van der Waals surface area contributed by atoms with Crippen LogP contribution in [-0.4, -0.2) is 69.1 Å². The lowest BCUT2D eigenvalue weighted by molar-refractivity contribution is -0.192. The number of aryl methyl sites for hydroxylation is 1. The minimum Gasteiger partial charge on any atom is -0.475 e. The van der Waals surface area contributed by atoms with E-state index in [0.29, 0.717) is 56.0 Å². The average molecular weight is 731 g/mol. The van der Waals surface area contributed by atoms with E-state index in [1.807, 2.05) is 18.2 Å². The summed E-state index contributed by atoms with van der Waals surface area (Å²) >= 11 is 0. The largest absolute Gasteiger partial charge is 0.508 e. The maximum atomic E-state index is 14.0. The number of nitrogens with one attached hydrogen (secondary N) is 2. The van der Waals surface area contributed by atoms with Crippen molar-refractivity contribution in [1.82, 2.24) is 14.9 Å². The van der Waals surface area contributed by atoms with Gasteiger partial charge in [0.1, 0.15) is 11.4 Å². The second-order valence-corrected chi connectivity index (χ2v) is 13.0. The zero-order chi connectivity index (χ0) is 36.8. The number of fused-ring (bicyclic) bond motifs is 1. The maximum Gasteiger partial charge on any atom is 0.508 e. The Hall–Kier alpha value is -4.34. The van der Waals surface area contributed by atoms with Crippen molar-refractivity contribution in [3.63, 3.8) is 0 Å². The van der Waals surface area contributed by atoms with Gasteiger partial charge in [-0.1, -0.05) is 18.2 Å². The van der Waals surface area contributed by atoms with Crippen LogP contribution < -0.4 is 10.6 Å². The van der Waals surface area contributed by atoms with Crippen molar-refractivity contribution in [1.29, 1.82) is 0 Å². The summed E-state index contributed by atoms with van der Waals surface area (Å²) in [6.07, 6.45) is -5.58. The highest BCUT2D eigenvalue weighted by Gasteiger charge is 2.39. The van der Waals surface area contributed by atoms with Gasteiger partial charge in [0.15, 0.2) is 6.16 Å². The van der Waals surface area contributed by atoms with Crippen molar-refractivity contribution in [2.45, 2.75) is 69.9 Å². The Morgan fingerprint density at radius 1 is 1.04 bits per heavy atom. The number of hydrogen-bond acceptors (Lipinski definition) is 9. The second kappa shape index (κ2) is 16.1. The molecule has 1 aliphatic heterocycles. The molecule has 1 aromatic heterocycles. The molecule has 3 aromatic rings. The molecule has 2 aromatic carbocycles. The summed E-state index contributed by atoms with van der Waals surface area (Å²) in [4.78, 5) is 31.7. The number of benzene rings is 2. The Labute approximate surface area is 283 Å². The third kappa shape index (κ3) is 9.88. The van der Waals surface area contributed by atoms with Crippen molar-refractivity contribution in [2.75, 3.05) is 30.5 Å². The number of carboxylic acid groups (broad SMARTS) is 1. The normalized spacial score (nSPS) is 17.8. The van der Waals surface area contributed by atoms with E-state index < -0.39 is 37.7 Å². The molecule has 0 radical (unpaired) electrons. The topological polar surface area (TPSA) is 154 Å². The SMILES string of the molecule is CCO[P+](=O)CCc1ccc(Nc2ncc(C(F)(F)F)c(Nc3ccc(C4CCC(O)CC4)c4c3C(=O)N(C)C4)n2)cc1.O=C(O)C(F)(F)F. The molecule has 1 amide bonds. The molecule has 11 nitrogen and oxygen atoms in total. The van der Waals surface area contributed by atoms with Gasteiger partial charge in [0.25, 0.3) is 5.91 Å². The maximum absolute atomic E-state index is 14.0. The fraction of sp³-hybridized carbons (Fsp3) is 0.438. The van der Waals surface area contributed by atoms with Crippen LogP contribution in [0.4, 0.5) is 49.5 Å². The predicted octanol–water partition coefficient (Wildman–Crippen LogP) is 7.54. The number of halogens is 6. The van der Waals surface area contributed by atoms with Gasteiger partial charge in [0.05, 0.1) is 24.0 Å². The molecular formula is C32H35F6N5O6P+. The van der Waals surface area contributed by atoms with Gasteiger partial charge in [-0.2, -0.15) is 31.3 Å². The molecule has 0 spiro atoms. The summed E-state index contributed by atoms with van der Waals surface area (Å²) in [5, 5.41) is 22.8. The molecule has 5 rings (SSSR count). The summed E-state index contributed by atoms with van der Waals surface area (Å²) < 4.78 is 90.6. The third-order valence-corrected chi connectivity index (χ3v) is 9.23. The molecule has 1 unspecified atom stereocenters. The summed E-state index contributed by atoms with van der Waals surface area (Å²) in [7, 11) is -0.0563. The van der Waals surface area contributed by atoms with E-state index in [9.17, 15) is 40.8 Å². The monoisotopic (exact) mass is 730 g/mol. The lowest BCUT2D eigenvalue weighted by Crippen LogP contribution is -2.21. The fourth-order valence-electron chi connectivity index (χ4n) is 5.64. The molecule has 2 aliphatic rings. The predicted molar refractivity (Wildman–Crippen MR) is 171 cm³/mol. The van der Waals surface area contributed by atoms with Crippen LogP contribution >= 0.6 is 8.03 Å². The number of amides is 1. The number of aliphatic carboxylic acids is 1. The van der Waals surface area contributed by atoms with E-state index in [0.717, 1.165) is 29.5 Å². The Morgan fingerprint density at radius 2 is 1.68 bits per heavy atom. The molecule has 270 valence electrons. The van der Waals surface area contributed by atoms with E-state index in [4.69, 9.17) is 14.4 Å². The Kier molecular flexibility index (Phi) is 12.4. The van der Waals surface area contributed by atoms with Crippen LogP contribution in [0.5, 0.6) is 0 Å². The van der Waals surface area contributed by atoms with Gasteiger partial charge in [-0.05, 0) is 78.0 Å². The number of aliphatic hydroxyl groups is 1. The average Bonchev–Trinajstić information content (AvgIpc) is 3.35. The zero-order valence-electron chi connectivity index (χ0n) is 26.9. The molecule has 50 heavy (non-hydrogen) atoms. The minimum absolute atomic E-state index is 0.0554. The van der Waals surface area contributed by atoms with Gasteiger partial charge in [0.2, 0.25) is 5.95 Å². The first-order valence-electron chi connectivity index (χ1n) is 15.5. The molecule has 1 fully saturated rings. The zero-order valence-corrected chi connectivity index (χ0v) is 27.8. The first-order valence-corrected chi connectivity index (χ1v) is 16.9. The highest BCUT2D eigenvalue weighted by atomic mass is 31.1. The number of nitrogens with zero attached hydrogens (tertiary/aromatic N) is 3. The van der Waals surface area contributed by atoms with Crippen LogP contribution in [0.25, 0.3) is 0 Å². The standard InChI is InChI=1S/C30H33F3N5O4P.C2HF3O2/c1-3-42-43(41)15-14-18-4-8-20(9-5-18)35-29-34-16-24(30(31,32)33)27(37-29)36-25-13-12-22(19-6-10-21(39)11-7-19)23-17-38(2)28(40)26(23)25;3-2(4,5)1(6)7/h4-5,8-9,12-13,16,19,21,39H,3,6-7,10-11,14-15,17H2,1-2H3,(H-,34,35,36,37,40);(H,6,7)/p+1. The van der Waals surface area contributed by atoms with Gasteiger partial charge in [0, 0.05) is 31.9 Å². The number of rotatable bonds is 10. The highest BCUT2D eigenvalue weighted by Crippen LogP contribution is 2.42. The molecule has 0 bridgehead atoms. The van der Waals surface area contributed by atoms with E-state index in [2.05, 4.69) is 20.6 Å². The molecule has 1 atom stereocenters. The minimum atomic E-state index is -5.08. The van der Waals surface area contributed by atoms with E-state index in [1.165, 1.54) is 0 Å². The molecular weight excluding hydrogens is 695 g/mol. The molecule has 2 heterocycles. The number of anilines is 4. The number of aromatic nitrogens is 2. The number of carboxylic acids is 1. The van der Waals surface area contributed by atoms with Gasteiger partial charge in [-0.25, -0.2) is 9.78 Å². The van der Waals surface area contributed by atoms with Gasteiger partial charge in [-0.3, -0.25) is 4.79 Å². The van der Waals surface area contributed by atoms with Crippen LogP contribution in [-0.2, 0) is 33.0 Å². The van der Waals surface area contributed by atoms with Crippen LogP contribution in [0.15, 0.2) is 42.6 Å². The molecule has 1 saturated carbocycles. The molecule has 4 N–H and O–H groups in total. The lowest BCUT2D eigenvalue weighted by atomic mass is 9.80. The third-order valence-electron chi connectivity index (χ3n) is 8.10. The molecule has 1 aliphatic carbocycles. The Morgan fingerprint density at radius 3 is 2.26 bits per heavy atom. The summed E-state index contributed by atoms with van der Waals surface area (Å²) in [6.45, 7) is 2.53. The number of aliphatic hydroxyl groups excluding tert-OH is 1. The lowest BCUT2D eigenvalue weighted by Gasteiger charge is -2.27. The van der Waals surface area contributed by atoms with E-state index >= 15 is 0 Å². The van der Waals surface area contributed by atoms with Gasteiger partial charge < -0.3 is 25.7 Å². The smallest absolute Gasteiger partial charge is 0.475 e. The number of alkyl halides is 6. The number of carbonyl (C=O) groups excluding carboxylic acids is 1. The van der Waals surface area contributed by atoms with E-state index in [1.54, 1.807) is 37.1 Å². The number of hydrogen-bond donors (Lipinski definition) is 4. The van der Waals surface area contributed by atoms with Crippen LogP contribution in [0, 0.1) is 0 Å². The summed E-state index contributed by atoms with van der Waals surface area (Å²) in [5.41, 5.74) is 2.81. The summed E-state index contributed by atoms with van der Waals surface area (Å²) in [5.74, 6) is -3.39. The van der Waals surface area contributed by atoms with Crippen molar-refractivity contribution in [2.24, 2.45) is 0 Å². The first-order chi connectivity index (χ1) is 23.5. The van der Waals surface area contributed by atoms with Crippen molar-refractivity contribution in [3.8, 4) is 0 Å². The van der Waals surface area contributed by atoms with Crippen LogP contribution in [0.1, 0.15) is 71.1 Å². The van der Waals surface area contributed by atoms with Crippen LogP contribution in [0.3, 0.4) is 0 Å². The molecule has 18 heteroatoms.